The second-order valence-electron chi connectivity index (χ2n) is 6.87. The third kappa shape index (κ3) is 2.90. The minimum atomic E-state index is -0.822. The Morgan fingerprint density at radius 3 is 2.89 bits per heavy atom. The molecule has 5 nitrogen and oxygen atoms in total. The van der Waals surface area contributed by atoms with Crippen LogP contribution in [0, 0.1) is 0 Å². The highest BCUT2D eigenvalue weighted by molar-refractivity contribution is 7.10. The number of ether oxygens (including phenoxy) is 2. The largest absolute Gasteiger partial charge is 0.463 e. The van der Waals surface area contributed by atoms with Crippen LogP contribution in [0.15, 0.2) is 41.8 Å². The molecule has 1 atom stereocenters. The van der Waals surface area contributed by atoms with Crippen molar-refractivity contribution in [3.63, 3.8) is 0 Å². The minimum absolute atomic E-state index is 0.291. The molecule has 0 saturated carbocycles. The summed E-state index contributed by atoms with van der Waals surface area (Å²) in [4.78, 5) is 30.8. The Kier molecular flexibility index (Phi) is 4.20. The second-order valence-corrected chi connectivity index (χ2v) is 7.85. The van der Waals surface area contributed by atoms with Crippen LogP contribution in [0.25, 0.3) is 22.6 Å². The lowest BCUT2D eigenvalue weighted by Crippen LogP contribution is -2.23. The van der Waals surface area contributed by atoms with Crippen LogP contribution in [-0.4, -0.2) is 29.6 Å². The zero-order valence-corrected chi connectivity index (χ0v) is 15.8. The van der Waals surface area contributed by atoms with Gasteiger partial charge in [-0.1, -0.05) is 24.3 Å². The number of hydrogen-bond donors (Lipinski definition) is 0. The second kappa shape index (κ2) is 6.87. The highest BCUT2D eigenvalue weighted by Gasteiger charge is 2.33. The Bertz CT molecular complexity index is 1120. The summed E-state index contributed by atoms with van der Waals surface area (Å²) in [6, 6.07) is 11.7. The molecular formula is C22H17NO4S. The quantitative estimate of drug-likeness (QED) is 0.625. The van der Waals surface area contributed by atoms with E-state index in [1.54, 1.807) is 11.3 Å². The molecule has 3 heterocycles. The Morgan fingerprint density at radius 2 is 2.11 bits per heavy atom. The minimum Gasteiger partial charge on any atom is -0.463 e. The molecule has 3 aromatic rings. The van der Waals surface area contributed by atoms with Crippen LogP contribution in [0.1, 0.15) is 39.3 Å². The van der Waals surface area contributed by atoms with E-state index in [4.69, 9.17) is 14.5 Å². The van der Waals surface area contributed by atoms with Crippen LogP contribution in [0.2, 0.25) is 0 Å². The van der Waals surface area contributed by atoms with Gasteiger partial charge in [0.2, 0.25) is 6.10 Å². The maximum Gasteiger partial charge on any atom is 0.347 e. The molecule has 0 N–H and O–H groups in total. The Balaban J connectivity index is 1.62. The van der Waals surface area contributed by atoms with Crippen LogP contribution in [0.3, 0.4) is 0 Å². The number of carbonyl (C=O) groups excluding carboxylic acids is 2. The number of aromatic nitrogens is 1. The zero-order chi connectivity index (χ0) is 19.1. The number of carbonyl (C=O) groups is 2. The summed E-state index contributed by atoms with van der Waals surface area (Å²) < 4.78 is 10.4. The SMILES string of the molecule is O=C(O[C@H]1CCOC1=O)c1c2c(nc3ccccc13)/C(=C/c1cccs1)CC2. The molecule has 1 saturated heterocycles. The van der Waals surface area contributed by atoms with Gasteiger partial charge >= 0.3 is 11.9 Å². The highest BCUT2D eigenvalue weighted by Crippen LogP contribution is 2.38. The van der Waals surface area contributed by atoms with Crippen molar-refractivity contribution in [1.82, 2.24) is 4.98 Å². The van der Waals surface area contributed by atoms with Gasteiger partial charge in [-0.05, 0) is 47.6 Å². The average Bonchev–Trinajstić information content (AvgIpc) is 3.44. The van der Waals surface area contributed by atoms with Gasteiger partial charge in [0, 0.05) is 16.7 Å². The van der Waals surface area contributed by atoms with Gasteiger partial charge in [0.05, 0.1) is 23.4 Å². The topological polar surface area (TPSA) is 65.5 Å². The fourth-order valence-corrected chi connectivity index (χ4v) is 4.51. The number of nitrogens with zero attached hydrogens (tertiary/aromatic N) is 1. The highest BCUT2D eigenvalue weighted by atomic mass is 32.1. The first-order valence-electron chi connectivity index (χ1n) is 9.24. The summed E-state index contributed by atoms with van der Waals surface area (Å²) in [5.41, 5.74) is 4.15. The maximum atomic E-state index is 13.1. The summed E-state index contributed by atoms with van der Waals surface area (Å²) >= 11 is 1.67. The van der Waals surface area contributed by atoms with Crippen molar-refractivity contribution in [3.8, 4) is 0 Å². The van der Waals surface area contributed by atoms with Gasteiger partial charge in [-0.3, -0.25) is 0 Å². The number of fused-ring (bicyclic) bond motifs is 2. The fourth-order valence-electron chi connectivity index (χ4n) is 3.83. The molecular weight excluding hydrogens is 374 g/mol. The molecule has 0 radical (unpaired) electrons. The molecule has 28 heavy (non-hydrogen) atoms. The molecule has 6 heteroatoms. The van der Waals surface area contributed by atoms with E-state index in [0.717, 1.165) is 45.5 Å². The third-order valence-electron chi connectivity index (χ3n) is 5.14. The van der Waals surface area contributed by atoms with E-state index in [0.29, 0.717) is 18.6 Å². The molecule has 2 aliphatic rings. The van der Waals surface area contributed by atoms with Gasteiger partial charge in [0.15, 0.2) is 0 Å². The van der Waals surface area contributed by atoms with Gasteiger partial charge in [-0.15, -0.1) is 11.3 Å². The first-order chi connectivity index (χ1) is 13.7. The van der Waals surface area contributed by atoms with E-state index < -0.39 is 18.0 Å². The Morgan fingerprint density at radius 1 is 1.21 bits per heavy atom. The average molecular weight is 391 g/mol. The number of hydrogen-bond acceptors (Lipinski definition) is 6. The summed E-state index contributed by atoms with van der Waals surface area (Å²) in [5, 5.41) is 2.80. The standard InChI is InChI=1S/C22H17NO4S/c24-21-18(9-10-26-21)27-22(25)19-15-5-1-2-6-17(15)23-20-13(7-8-16(19)20)12-14-4-3-11-28-14/h1-6,11-12,18H,7-10H2/b13-12+/t18-/m0/s1. The van der Waals surface area contributed by atoms with Crippen molar-refractivity contribution in [2.45, 2.75) is 25.4 Å². The van der Waals surface area contributed by atoms with Crippen LogP contribution >= 0.6 is 11.3 Å². The van der Waals surface area contributed by atoms with Gasteiger partial charge in [0.25, 0.3) is 0 Å². The van der Waals surface area contributed by atoms with Crippen molar-refractivity contribution in [3.05, 3.63) is 63.5 Å². The molecule has 0 spiro atoms. The van der Waals surface area contributed by atoms with Gasteiger partial charge in [-0.2, -0.15) is 0 Å². The predicted octanol–water partition coefficient (Wildman–Crippen LogP) is 4.26. The normalized spacial score (nSPS) is 19.8. The van der Waals surface area contributed by atoms with E-state index in [2.05, 4.69) is 12.1 Å². The number of esters is 2. The smallest absolute Gasteiger partial charge is 0.347 e. The van der Waals surface area contributed by atoms with E-state index >= 15 is 0 Å². The first kappa shape index (κ1) is 17.1. The lowest BCUT2D eigenvalue weighted by Gasteiger charge is -2.14. The predicted molar refractivity (Wildman–Crippen MR) is 107 cm³/mol. The molecule has 2 aromatic heterocycles. The number of allylic oxidation sites excluding steroid dienone is 1. The lowest BCUT2D eigenvalue weighted by molar-refractivity contribution is -0.145. The summed E-state index contributed by atoms with van der Waals surface area (Å²) in [6.45, 7) is 0.291. The summed E-state index contributed by atoms with van der Waals surface area (Å²) in [6.07, 6.45) is 3.27. The monoisotopic (exact) mass is 391 g/mol. The molecule has 5 rings (SSSR count). The molecule has 1 aliphatic carbocycles. The van der Waals surface area contributed by atoms with E-state index in [1.165, 1.54) is 0 Å². The molecule has 1 fully saturated rings. The van der Waals surface area contributed by atoms with Crippen molar-refractivity contribution >= 4 is 45.8 Å². The van der Waals surface area contributed by atoms with Crippen molar-refractivity contribution in [2.75, 3.05) is 6.61 Å². The van der Waals surface area contributed by atoms with Crippen molar-refractivity contribution < 1.29 is 19.1 Å². The number of para-hydroxylation sites is 1. The number of cyclic esters (lactones) is 1. The number of benzene rings is 1. The molecule has 0 bridgehead atoms. The Labute approximate surface area is 165 Å². The summed E-state index contributed by atoms with van der Waals surface area (Å²) in [7, 11) is 0. The van der Waals surface area contributed by atoms with Crippen LogP contribution in [0.4, 0.5) is 0 Å². The molecule has 140 valence electrons. The van der Waals surface area contributed by atoms with E-state index in [9.17, 15) is 9.59 Å². The van der Waals surface area contributed by atoms with Gasteiger partial charge < -0.3 is 9.47 Å². The molecule has 1 aromatic carbocycles. The number of thiophene rings is 1. The van der Waals surface area contributed by atoms with Crippen molar-refractivity contribution in [1.29, 1.82) is 0 Å². The fraction of sp³-hybridized carbons (Fsp3) is 0.227. The van der Waals surface area contributed by atoms with E-state index in [1.807, 2.05) is 35.7 Å². The number of pyridine rings is 1. The van der Waals surface area contributed by atoms with Crippen LogP contribution in [0.5, 0.6) is 0 Å². The number of rotatable bonds is 3. The van der Waals surface area contributed by atoms with Gasteiger partial charge in [0.1, 0.15) is 0 Å². The zero-order valence-electron chi connectivity index (χ0n) is 15.0. The Hall–Kier alpha value is -2.99. The van der Waals surface area contributed by atoms with Crippen LogP contribution < -0.4 is 0 Å². The summed E-state index contributed by atoms with van der Waals surface area (Å²) in [5.74, 6) is -0.947. The van der Waals surface area contributed by atoms with E-state index in [-0.39, 0.29) is 0 Å². The molecule has 1 aliphatic heterocycles. The molecule has 0 unspecified atom stereocenters. The van der Waals surface area contributed by atoms with Gasteiger partial charge in [-0.25, -0.2) is 14.6 Å². The lowest BCUT2D eigenvalue weighted by atomic mass is 10.0. The van der Waals surface area contributed by atoms with Crippen molar-refractivity contribution in [2.24, 2.45) is 0 Å². The first-order valence-corrected chi connectivity index (χ1v) is 10.1. The third-order valence-corrected chi connectivity index (χ3v) is 5.96. The molecule has 0 amide bonds. The van der Waals surface area contributed by atoms with Crippen LogP contribution in [-0.2, 0) is 20.7 Å². The maximum absolute atomic E-state index is 13.1.